The lowest BCUT2D eigenvalue weighted by molar-refractivity contribution is 0.465. The maximum Gasteiger partial charge on any atom is 0.265 e. The lowest BCUT2D eigenvalue weighted by Gasteiger charge is -2.09. The molecule has 5 nitrogen and oxygen atoms in total. The molecule has 0 aliphatic carbocycles. The van der Waals surface area contributed by atoms with Crippen molar-refractivity contribution in [2.45, 2.75) is 13.3 Å². The molecule has 0 unspecified atom stereocenters. The number of hydrogen-bond acceptors (Lipinski definition) is 4. The Bertz CT molecular complexity index is 693. The predicted molar refractivity (Wildman–Crippen MR) is 78.3 cm³/mol. The van der Waals surface area contributed by atoms with E-state index in [4.69, 9.17) is 4.74 Å². The summed E-state index contributed by atoms with van der Waals surface area (Å²) >= 11 is 0. The van der Waals surface area contributed by atoms with Crippen LogP contribution in [-0.4, -0.2) is 20.9 Å². The van der Waals surface area contributed by atoms with Crippen molar-refractivity contribution < 1.29 is 4.74 Å². The van der Waals surface area contributed by atoms with Gasteiger partial charge in [0, 0.05) is 18.9 Å². The van der Waals surface area contributed by atoms with Gasteiger partial charge in [-0.3, -0.25) is 4.40 Å². The molecule has 0 spiro atoms. The number of para-hydroxylation sites is 1. The maximum atomic E-state index is 5.84. The maximum absolute atomic E-state index is 5.84. The number of nitrogens with one attached hydrogen (secondary N) is 1. The van der Waals surface area contributed by atoms with Crippen LogP contribution in [0.1, 0.15) is 13.3 Å². The lowest BCUT2D eigenvalue weighted by Crippen LogP contribution is -2.04. The molecule has 0 amide bonds. The third kappa shape index (κ3) is 2.56. The number of nitrogens with zero attached hydrogens (tertiary/aromatic N) is 3. The van der Waals surface area contributed by atoms with Gasteiger partial charge < -0.3 is 10.1 Å². The Balaban J connectivity index is 1.97. The van der Waals surface area contributed by atoms with E-state index in [2.05, 4.69) is 22.2 Å². The lowest BCUT2D eigenvalue weighted by atomic mass is 10.3. The van der Waals surface area contributed by atoms with Gasteiger partial charge in [-0.1, -0.05) is 25.1 Å². The number of hydrogen-bond donors (Lipinski definition) is 1. The zero-order valence-electron chi connectivity index (χ0n) is 11.3. The Labute approximate surface area is 117 Å². The predicted octanol–water partition coefficient (Wildman–Crippen LogP) is 3.34. The molecule has 0 saturated heterocycles. The fourth-order valence-corrected chi connectivity index (χ4v) is 1.91. The second-order valence-electron chi connectivity index (χ2n) is 4.43. The molecule has 0 fully saturated rings. The second kappa shape index (κ2) is 5.61. The molecule has 0 saturated carbocycles. The third-order valence-corrected chi connectivity index (χ3v) is 2.86. The van der Waals surface area contributed by atoms with Crippen molar-refractivity contribution in [1.29, 1.82) is 0 Å². The summed E-state index contributed by atoms with van der Waals surface area (Å²) in [5, 5.41) is 3.26. The van der Waals surface area contributed by atoms with Gasteiger partial charge in [-0.05, 0) is 18.6 Å². The Hall–Kier alpha value is -2.56. The van der Waals surface area contributed by atoms with Crippen LogP contribution in [0.25, 0.3) is 5.65 Å². The minimum Gasteiger partial charge on any atom is -0.436 e. The van der Waals surface area contributed by atoms with E-state index in [1.165, 1.54) is 0 Å². The molecule has 2 aromatic heterocycles. The smallest absolute Gasteiger partial charge is 0.265 e. The van der Waals surface area contributed by atoms with Crippen molar-refractivity contribution in [2.75, 3.05) is 11.9 Å². The Morgan fingerprint density at radius 1 is 1.25 bits per heavy atom. The molecule has 2 heterocycles. The number of anilines is 1. The molecular weight excluding hydrogens is 252 g/mol. The highest BCUT2D eigenvalue weighted by Crippen LogP contribution is 2.24. The molecule has 3 rings (SSSR count). The summed E-state index contributed by atoms with van der Waals surface area (Å²) in [6, 6.07) is 9.60. The zero-order valence-corrected chi connectivity index (χ0v) is 11.3. The van der Waals surface area contributed by atoms with Crippen LogP contribution in [0.15, 0.2) is 48.9 Å². The summed E-state index contributed by atoms with van der Waals surface area (Å²) in [6.45, 7) is 2.99. The summed E-state index contributed by atoms with van der Waals surface area (Å²) in [6.07, 6.45) is 6.57. The van der Waals surface area contributed by atoms with Gasteiger partial charge in [0.05, 0.1) is 6.20 Å². The Kier molecular flexibility index (Phi) is 3.50. The fraction of sp³-hybridized carbons (Fsp3) is 0.200. The van der Waals surface area contributed by atoms with Crippen LogP contribution in [0.2, 0.25) is 0 Å². The van der Waals surface area contributed by atoms with Crippen LogP contribution >= 0.6 is 0 Å². The number of imidazole rings is 1. The summed E-state index contributed by atoms with van der Waals surface area (Å²) in [7, 11) is 0. The molecular formula is C15H16N4O. The van der Waals surface area contributed by atoms with E-state index in [9.17, 15) is 0 Å². The average molecular weight is 268 g/mol. The molecule has 20 heavy (non-hydrogen) atoms. The van der Waals surface area contributed by atoms with Gasteiger partial charge in [0.15, 0.2) is 0 Å². The number of ether oxygens (including phenoxy) is 1. The molecule has 0 radical (unpaired) electrons. The van der Waals surface area contributed by atoms with Gasteiger partial charge in [0.1, 0.15) is 11.6 Å². The van der Waals surface area contributed by atoms with E-state index >= 15 is 0 Å². The molecule has 0 aliphatic heterocycles. The molecule has 0 aliphatic rings. The highest BCUT2D eigenvalue weighted by Gasteiger charge is 2.09. The third-order valence-electron chi connectivity index (χ3n) is 2.86. The van der Waals surface area contributed by atoms with Gasteiger partial charge in [-0.2, -0.15) is 4.98 Å². The van der Waals surface area contributed by atoms with Crippen LogP contribution < -0.4 is 10.1 Å². The molecule has 3 aromatic rings. The summed E-state index contributed by atoms with van der Waals surface area (Å²) in [5.41, 5.74) is 0.705. The Morgan fingerprint density at radius 3 is 2.90 bits per heavy atom. The van der Waals surface area contributed by atoms with Crippen molar-refractivity contribution in [2.24, 2.45) is 0 Å². The van der Waals surface area contributed by atoms with E-state index in [0.29, 0.717) is 11.5 Å². The number of benzene rings is 1. The quantitative estimate of drug-likeness (QED) is 0.771. The highest BCUT2D eigenvalue weighted by atomic mass is 16.5. The van der Waals surface area contributed by atoms with Crippen molar-refractivity contribution >= 4 is 11.5 Å². The molecule has 5 heteroatoms. The van der Waals surface area contributed by atoms with Gasteiger partial charge in [0.2, 0.25) is 5.65 Å². The van der Waals surface area contributed by atoms with Crippen LogP contribution in [0.5, 0.6) is 11.6 Å². The Morgan fingerprint density at radius 2 is 2.10 bits per heavy atom. The van der Waals surface area contributed by atoms with E-state index in [-0.39, 0.29) is 0 Å². The van der Waals surface area contributed by atoms with Gasteiger partial charge >= 0.3 is 0 Å². The fourth-order valence-electron chi connectivity index (χ4n) is 1.91. The van der Waals surface area contributed by atoms with E-state index in [1.807, 2.05) is 47.1 Å². The normalized spacial score (nSPS) is 10.7. The van der Waals surface area contributed by atoms with Crippen LogP contribution in [-0.2, 0) is 0 Å². The molecule has 1 aromatic carbocycles. The van der Waals surface area contributed by atoms with E-state index in [0.717, 1.165) is 24.5 Å². The minimum atomic E-state index is 0.502. The first-order valence-corrected chi connectivity index (χ1v) is 6.67. The summed E-state index contributed by atoms with van der Waals surface area (Å²) in [4.78, 5) is 8.77. The molecule has 0 bridgehead atoms. The molecule has 102 valence electrons. The first kappa shape index (κ1) is 12.5. The first-order chi connectivity index (χ1) is 9.86. The minimum absolute atomic E-state index is 0.502. The number of aromatic nitrogens is 3. The molecule has 1 N–H and O–H groups in total. The van der Waals surface area contributed by atoms with Crippen molar-refractivity contribution in [3.05, 3.63) is 48.9 Å². The molecule has 0 atom stereocenters. The van der Waals surface area contributed by atoms with Crippen LogP contribution in [0.3, 0.4) is 0 Å². The van der Waals surface area contributed by atoms with Gasteiger partial charge in [-0.15, -0.1) is 0 Å². The van der Waals surface area contributed by atoms with Gasteiger partial charge in [0.25, 0.3) is 5.88 Å². The van der Waals surface area contributed by atoms with Crippen molar-refractivity contribution in [3.63, 3.8) is 0 Å². The summed E-state index contributed by atoms with van der Waals surface area (Å²) in [5.74, 6) is 2.03. The zero-order chi connectivity index (χ0) is 13.8. The average Bonchev–Trinajstić information content (AvgIpc) is 2.95. The SMILES string of the molecule is CCCNc1cn2ccnc2c(Oc2ccccc2)n1. The second-order valence-corrected chi connectivity index (χ2v) is 4.43. The monoisotopic (exact) mass is 268 g/mol. The van der Waals surface area contributed by atoms with Crippen LogP contribution in [0.4, 0.5) is 5.82 Å². The number of fused-ring (bicyclic) bond motifs is 1. The van der Waals surface area contributed by atoms with E-state index in [1.54, 1.807) is 6.20 Å². The van der Waals surface area contributed by atoms with Crippen molar-refractivity contribution in [3.8, 4) is 11.6 Å². The van der Waals surface area contributed by atoms with Gasteiger partial charge in [-0.25, -0.2) is 4.98 Å². The standard InChI is InChI=1S/C15H16N4O/c1-2-8-16-13-11-19-10-9-17-14(19)15(18-13)20-12-6-4-3-5-7-12/h3-7,9-11,16H,2,8H2,1H3. The van der Waals surface area contributed by atoms with Crippen molar-refractivity contribution in [1.82, 2.24) is 14.4 Å². The largest absolute Gasteiger partial charge is 0.436 e. The van der Waals surface area contributed by atoms with E-state index < -0.39 is 0 Å². The highest BCUT2D eigenvalue weighted by molar-refractivity contribution is 5.55. The summed E-state index contributed by atoms with van der Waals surface area (Å²) < 4.78 is 7.74. The first-order valence-electron chi connectivity index (χ1n) is 6.67. The number of rotatable bonds is 5. The van der Waals surface area contributed by atoms with Crippen LogP contribution in [0, 0.1) is 0 Å². The topological polar surface area (TPSA) is 51.5 Å².